The molecule has 0 aromatic heterocycles. The highest BCUT2D eigenvalue weighted by Crippen LogP contribution is 2.18. The Morgan fingerprint density at radius 3 is 2.21 bits per heavy atom. The molecule has 2 rings (SSSR count). The molecule has 2 aromatic rings. The molecule has 0 saturated heterocycles. The Labute approximate surface area is 116 Å². The molecule has 0 saturated carbocycles. The van der Waals surface area contributed by atoms with Gasteiger partial charge in [0.1, 0.15) is 17.5 Å². The first kappa shape index (κ1) is 13.8. The van der Waals surface area contributed by atoms with Crippen LogP contribution >= 0.6 is 15.9 Å². The van der Waals surface area contributed by atoms with Gasteiger partial charge in [-0.3, -0.25) is 4.79 Å². The van der Waals surface area contributed by atoms with Crippen LogP contribution in [0.25, 0.3) is 0 Å². The van der Waals surface area contributed by atoms with Crippen molar-refractivity contribution in [2.75, 3.05) is 0 Å². The molecule has 0 spiro atoms. The summed E-state index contributed by atoms with van der Waals surface area (Å²) in [6, 6.07) is 6.83. The van der Waals surface area contributed by atoms with Gasteiger partial charge in [0.05, 0.1) is 4.47 Å². The van der Waals surface area contributed by atoms with Crippen LogP contribution in [0.4, 0.5) is 13.2 Å². The molecule has 0 bridgehead atoms. The van der Waals surface area contributed by atoms with E-state index < -0.39 is 23.2 Å². The zero-order chi connectivity index (χ0) is 14.0. The highest BCUT2D eigenvalue weighted by Gasteiger charge is 2.11. The van der Waals surface area contributed by atoms with Crippen LogP contribution in [0.15, 0.2) is 40.9 Å². The van der Waals surface area contributed by atoms with E-state index in [2.05, 4.69) is 15.9 Å². The smallest absolute Gasteiger partial charge is 0.167 e. The SMILES string of the molecule is O=C(Cc1cc(F)cc(F)c1)c1ccc(Br)c(F)c1. The Kier molecular flexibility index (Phi) is 4.04. The Morgan fingerprint density at radius 1 is 1.00 bits per heavy atom. The monoisotopic (exact) mass is 328 g/mol. The largest absolute Gasteiger partial charge is 0.294 e. The van der Waals surface area contributed by atoms with E-state index in [1.165, 1.54) is 12.1 Å². The Balaban J connectivity index is 2.22. The van der Waals surface area contributed by atoms with Crippen LogP contribution in [0, 0.1) is 17.5 Å². The maximum absolute atomic E-state index is 13.3. The highest BCUT2D eigenvalue weighted by atomic mass is 79.9. The van der Waals surface area contributed by atoms with E-state index >= 15 is 0 Å². The maximum atomic E-state index is 13.3. The van der Waals surface area contributed by atoms with Gasteiger partial charge in [0.15, 0.2) is 5.78 Å². The zero-order valence-electron chi connectivity index (χ0n) is 9.59. The number of carbonyl (C=O) groups is 1. The molecule has 0 N–H and O–H groups in total. The fraction of sp³-hybridized carbons (Fsp3) is 0.0714. The summed E-state index contributed by atoms with van der Waals surface area (Å²) in [5, 5.41) is 0. The van der Waals surface area contributed by atoms with Gasteiger partial charge in [0, 0.05) is 18.1 Å². The number of carbonyl (C=O) groups excluding carboxylic acids is 1. The summed E-state index contributed by atoms with van der Waals surface area (Å²) >= 11 is 2.98. The van der Waals surface area contributed by atoms with E-state index in [1.54, 1.807) is 0 Å². The Bertz CT molecular complexity index is 620. The lowest BCUT2D eigenvalue weighted by Crippen LogP contribution is -2.05. The topological polar surface area (TPSA) is 17.1 Å². The number of ketones is 1. The minimum atomic E-state index is -0.746. The second-order valence-electron chi connectivity index (χ2n) is 4.01. The number of halogens is 4. The summed E-state index contributed by atoms with van der Waals surface area (Å²) in [4.78, 5) is 11.9. The second-order valence-corrected chi connectivity index (χ2v) is 4.86. The lowest BCUT2D eigenvalue weighted by Gasteiger charge is -2.03. The maximum Gasteiger partial charge on any atom is 0.167 e. The number of Topliss-reactive ketones (excluding diaryl/α,β-unsaturated/α-hetero) is 1. The van der Waals surface area contributed by atoms with Crippen LogP contribution in [0.3, 0.4) is 0 Å². The second kappa shape index (κ2) is 5.57. The van der Waals surface area contributed by atoms with Crippen molar-refractivity contribution < 1.29 is 18.0 Å². The molecule has 0 aliphatic heterocycles. The van der Waals surface area contributed by atoms with Gasteiger partial charge in [-0.15, -0.1) is 0 Å². The van der Waals surface area contributed by atoms with Gasteiger partial charge in [-0.05, 0) is 45.8 Å². The minimum Gasteiger partial charge on any atom is -0.294 e. The summed E-state index contributed by atoms with van der Waals surface area (Å²) < 4.78 is 39.5. The first-order valence-electron chi connectivity index (χ1n) is 5.39. The number of benzene rings is 2. The first-order valence-corrected chi connectivity index (χ1v) is 6.18. The molecule has 19 heavy (non-hydrogen) atoms. The third-order valence-electron chi connectivity index (χ3n) is 2.53. The summed E-state index contributed by atoms with van der Waals surface area (Å²) in [6.07, 6.45) is -0.185. The van der Waals surface area contributed by atoms with Gasteiger partial charge in [0.25, 0.3) is 0 Å². The van der Waals surface area contributed by atoms with Crippen LogP contribution in [0.2, 0.25) is 0 Å². The van der Waals surface area contributed by atoms with Crippen LogP contribution in [-0.4, -0.2) is 5.78 Å². The third-order valence-corrected chi connectivity index (χ3v) is 3.17. The molecule has 2 aromatic carbocycles. The lowest BCUT2D eigenvalue weighted by molar-refractivity contribution is 0.0992. The molecule has 0 amide bonds. The highest BCUT2D eigenvalue weighted by molar-refractivity contribution is 9.10. The summed E-state index contributed by atoms with van der Waals surface area (Å²) in [6.45, 7) is 0. The molecule has 0 fully saturated rings. The minimum absolute atomic E-state index is 0.158. The molecule has 1 nitrogen and oxygen atoms in total. The predicted molar refractivity (Wildman–Crippen MR) is 68.5 cm³/mol. The normalized spacial score (nSPS) is 10.5. The molecule has 0 aliphatic rings. The Morgan fingerprint density at radius 2 is 1.63 bits per heavy atom. The van der Waals surface area contributed by atoms with Crippen molar-refractivity contribution in [2.24, 2.45) is 0 Å². The molecule has 0 atom stereocenters. The van der Waals surface area contributed by atoms with Crippen LogP contribution in [0.1, 0.15) is 15.9 Å². The van der Waals surface area contributed by atoms with Gasteiger partial charge < -0.3 is 0 Å². The van der Waals surface area contributed by atoms with E-state index in [9.17, 15) is 18.0 Å². The first-order chi connectivity index (χ1) is 8.95. The standard InChI is InChI=1S/C14H8BrF3O/c15-12-2-1-9(6-13(12)18)14(19)5-8-3-10(16)7-11(17)4-8/h1-4,6-7H,5H2. The van der Waals surface area contributed by atoms with Gasteiger partial charge in [-0.25, -0.2) is 13.2 Å². The molecule has 0 unspecified atom stereocenters. The number of rotatable bonds is 3. The van der Waals surface area contributed by atoms with Crippen molar-refractivity contribution in [3.05, 3.63) is 69.4 Å². The van der Waals surface area contributed by atoms with Crippen molar-refractivity contribution in [3.8, 4) is 0 Å². The van der Waals surface area contributed by atoms with Gasteiger partial charge in [0.2, 0.25) is 0 Å². The Hall–Kier alpha value is -1.62. The summed E-state index contributed by atoms with van der Waals surface area (Å²) in [5.74, 6) is -2.46. The lowest BCUT2D eigenvalue weighted by atomic mass is 10.0. The predicted octanol–water partition coefficient (Wildman–Crippen LogP) is 4.29. The van der Waals surface area contributed by atoms with E-state index in [1.807, 2.05) is 0 Å². The summed E-state index contributed by atoms with van der Waals surface area (Å²) in [7, 11) is 0. The van der Waals surface area contributed by atoms with Crippen molar-refractivity contribution in [1.82, 2.24) is 0 Å². The molecular formula is C14H8BrF3O. The van der Waals surface area contributed by atoms with Crippen molar-refractivity contribution in [3.63, 3.8) is 0 Å². The van der Waals surface area contributed by atoms with E-state index in [-0.39, 0.29) is 22.0 Å². The van der Waals surface area contributed by atoms with Crippen LogP contribution < -0.4 is 0 Å². The van der Waals surface area contributed by atoms with E-state index in [0.29, 0.717) is 0 Å². The molecule has 0 radical (unpaired) electrons. The van der Waals surface area contributed by atoms with Crippen molar-refractivity contribution in [2.45, 2.75) is 6.42 Å². The van der Waals surface area contributed by atoms with Crippen LogP contribution in [0.5, 0.6) is 0 Å². The fourth-order valence-electron chi connectivity index (χ4n) is 1.67. The fourth-order valence-corrected chi connectivity index (χ4v) is 1.92. The molecule has 0 heterocycles. The quantitative estimate of drug-likeness (QED) is 0.768. The summed E-state index contributed by atoms with van der Waals surface area (Å²) in [5.41, 5.74) is 0.371. The molecule has 5 heteroatoms. The molecule has 0 aliphatic carbocycles. The zero-order valence-corrected chi connectivity index (χ0v) is 11.2. The van der Waals surface area contributed by atoms with Crippen molar-refractivity contribution >= 4 is 21.7 Å². The van der Waals surface area contributed by atoms with E-state index in [0.717, 1.165) is 24.3 Å². The van der Waals surface area contributed by atoms with Crippen molar-refractivity contribution in [1.29, 1.82) is 0 Å². The number of hydrogen-bond acceptors (Lipinski definition) is 1. The van der Waals surface area contributed by atoms with E-state index in [4.69, 9.17) is 0 Å². The van der Waals surface area contributed by atoms with Gasteiger partial charge in [-0.1, -0.05) is 6.07 Å². The molecule has 98 valence electrons. The van der Waals surface area contributed by atoms with Crippen LogP contribution in [-0.2, 0) is 6.42 Å². The molecular weight excluding hydrogens is 321 g/mol. The third kappa shape index (κ3) is 3.44. The van der Waals surface area contributed by atoms with Gasteiger partial charge >= 0.3 is 0 Å². The average molecular weight is 329 g/mol. The van der Waals surface area contributed by atoms with Gasteiger partial charge in [-0.2, -0.15) is 0 Å². The number of hydrogen-bond donors (Lipinski definition) is 0. The average Bonchev–Trinajstić information content (AvgIpc) is 2.31.